The van der Waals surface area contributed by atoms with Crippen molar-refractivity contribution < 1.29 is 19.1 Å². The van der Waals surface area contributed by atoms with Crippen molar-refractivity contribution in [1.82, 2.24) is 9.80 Å². The van der Waals surface area contributed by atoms with Crippen LogP contribution in [0.2, 0.25) is 0 Å². The van der Waals surface area contributed by atoms with Gasteiger partial charge in [-0.05, 0) is 26.3 Å². The molecule has 1 aromatic rings. The quantitative estimate of drug-likeness (QED) is 0.775. The predicted octanol–water partition coefficient (Wildman–Crippen LogP) is 2.53. The molecule has 2 saturated heterocycles. The lowest BCUT2D eigenvalue weighted by Crippen LogP contribution is -2.43. The minimum Gasteiger partial charge on any atom is -0.468 e. The molecule has 0 radical (unpaired) electrons. The average Bonchev–Trinajstić information content (AvgIpc) is 3.08. The maximum absolute atomic E-state index is 12.6. The minimum absolute atomic E-state index is 0.0613. The number of hydrogen-bond donors (Lipinski definition) is 0. The molecule has 6 heteroatoms. The van der Waals surface area contributed by atoms with Crippen LogP contribution in [0, 0.1) is 11.3 Å². The number of methoxy groups -OCH3 is 1. The van der Waals surface area contributed by atoms with E-state index in [4.69, 9.17) is 9.47 Å². The van der Waals surface area contributed by atoms with E-state index < -0.39 is 11.0 Å². The van der Waals surface area contributed by atoms with Crippen LogP contribution in [0.25, 0.3) is 0 Å². The van der Waals surface area contributed by atoms with Crippen molar-refractivity contribution in [3.63, 3.8) is 0 Å². The monoisotopic (exact) mass is 360 g/mol. The third-order valence-corrected chi connectivity index (χ3v) is 5.17. The number of ether oxygens (including phenoxy) is 2. The Balaban J connectivity index is 1.73. The van der Waals surface area contributed by atoms with E-state index in [1.807, 2.05) is 39.0 Å². The zero-order valence-electron chi connectivity index (χ0n) is 16.0. The summed E-state index contributed by atoms with van der Waals surface area (Å²) in [6.45, 7) is 8.57. The second kappa shape index (κ2) is 6.91. The molecule has 0 spiro atoms. The SMILES string of the molecule is COC(=O)[C@]12CN(Cc3ccccc3)C[C@H]1CN(C(=O)OC(C)(C)C)C2. The van der Waals surface area contributed by atoms with Crippen molar-refractivity contribution in [1.29, 1.82) is 0 Å². The van der Waals surface area contributed by atoms with Crippen molar-refractivity contribution in [2.75, 3.05) is 33.3 Å². The predicted molar refractivity (Wildman–Crippen MR) is 97.5 cm³/mol. The van der Waals surface area contributed by atoms with E-state index in [2.05, 4.69) is 17.0 Å². The fourth-order valence-corrected chi connectivity index (χ4v) is 4.09. The molecule has 26 heavy (non-hydrogen) atoms. The lowest BCUT2D eigenvalue weighted by atomic mass is 9.81. The van der Waals surface area contributed by atoms with Gasteiger partial charge in [-0.3, -0.25) is 9.69 Å². The molecule has 2 aliphatic heterocycles. The molecule has 0 aromatic heterocycles. The fourth-order valence-electron chi connectivity index (χ4n) is 4.09. The lowest BCUT2D eigenvalue weighted by Gasteiger charge is -2.28. The van der Waals surface area contributed by atoms with E-state index in [-0.39, 0.29) is 18.0 Å². The average molecular weight is 360 g/mol. The zero-order valence-corrected chi connectivity index (χ0v) is 16.0. The van der Waals surface area contributed by atoms with E-state index in [1.165, 1.54) is 12.7 Å². The number of carbonyl (C=O) groups is 2. The number of fused-ring (bicyclic) bond motifs is 1. The van der Waals surface area contributed by atoms with Gasteiger partial charge in [-0.15, -0.1) is 0 Å². The van der Waals surface area contributed by atoms with Gasteiger partial charge in [0.05, 0.1) is 7.11 Å². The summed E-state index contributed by atoms with van der Waals surface area (Å²) in [5, 5.41) is 0. The summed E-state index contributed by atoms with van der Waals surface area (Å²) in [6, 6.07) is 10.2. The molecular weight excluding hydrogens is 332 g/mol. The molecule has 2 atom stereocenters. The molecule has 0 bridgehead atoms. The molecule has 1 amide bonds. The third kappa shape index (κ3) is 3.70. The van der Waals surface area contributed by atoms with Crippen LogP contribution in [-0.2, 0) is 20.8 Å². The molecule has 6 nitrogen and oxygen atoms in total. The second-order valence-electron chi connectivity index (χ2n) is 8.36. The normalized spacial score (nSPS) is 25.8. The van der Waals surface area contributed by atoms with Gasteiger partial charge in [0.25, 0.3) is 0 Å². The van der Waals surface area contributed by atoms with Gasteiger partial charge in [0.1, 0.15) is 11.0 Å². The Morgan fingerprint density at radius 1 is 1.15 bits per heavy atom. The first-order valence-corrected chi connectivity index (χ1v) is 9.06. The number of carbonyl (C=O) groups excluding carboxylic acids is 2. The van der Waals surface area contributed by atoms with E-state index in [0.717, 1.165) is 13.1 Å². The number of nitrogens with zero attached hydrogens (tertiary/aromatic N) is 2. The van der Waals surface area contributed by atoms with Crippen molar-refractivity contribution in [3.8, 4) is 0 Å². The van der Waals surface area contributed by atoms with E-state index >= 15 is 0 Å². The molecule has 1 aromatic carbocycles. The van der Waals surface area contributed by atoms with Crippen LogP contribution in [0.1, 0.15) is 26.3 Å². The molecule has 2 heterocycles. The largest absolute Gasteiger partial charge is 0.468 e. The molecule has 142 valence electrons. The lowest BCUT2D eigenvalue weighted by molar-refractivity contribution is -0.152. The van der Waals surface area contributed by atoms with Crippen molar-refractivity contribution >= 4 is 12.1 Å². The first-order valence-electron chi connectivity index (χ1n) is 9.06. The first kappa shape index (κ1) is 18.7. The highest BCUT2D eigenvalue weighted by atomic mass is 16.6. The molecular formula is C20H28N2O4. The Morgan fingerprint density at radius 3 is 2.46 bits per heavy atom. The summed E-state index contributed by atoms with van der Waals surface area (Å²) >= 11 is 0. The zero-order chi connectivity index (χ0) is 18.9. The van der Waals surface area contributed by atoms with Gasteiger partial charge < -0.3 is 14.4 Å². The van der Waals surface area contributed by atoms with Crippen LogP contribution in [0.5, 0.6) is 0 Å². The van der Waals surface area contributed by atoms with Crippen LogP contribution in [-0.4, -0.2) is 60.8 Å². The van der Waals surface area contributed by atoms with Crippen LogP contribution in [0.4, 0.5) is 4.79 Å². The summed E-state index contributed by atoms with van der Waals surface area (Å²) in [6.07, 6.45) is -0.357. The number of hydrogen-bond acceptors (Lipinski definition) is 5. The summed E-state index contributed by atoms with van der Waals surface area (Å²) in [4.78, 5) is 29.0. The van der Waals surface area contributed by atoms with Crippen LogP contribution < -0.4 is 0 Å². The third-order valence-electron chi connectivity index (χ3n) is 5.17. The van der Waals surface area contributed by atoms with Gasteiger partial charge in [-0.25, -0.2) is 4.79 Å². The molecule has 3 rings (SSSR count). The molecule has 0 unspecified atom stereocenters. The smallest absolute Gasteiger partial charge is 0.410 e. The summed E-state index contributed by atoms with van der Waals surface area (Å²) < 4.78 is 10.6. The standard InChI is InChI=1S/C20H28N2O4/c1-19(2,3)26-18(24)22-12-16-11-21(10-15-8-6-5-7-9-15)13-20(16,14-22)17(23)25-4/h5-9,16H,10-14H2,1-4H3/t16-,20-/m0/s1. The van der Waals surface area contributed by atoms with Crippen molar-refractivity contribution in [2.45, 2.75) is 32.9 Å². The van der Waals surface area contributed by atoms with Crippen LogP contribution >= 0.6 is 0 Å². The fraction of sp³-hybridized carbons (Fsp3) is 0.600. The van der Waals surface area contributed by atoms with Gasteiger partial charge in [-0.1, -0.05) is 30.3 Å². The minimum atomic E-state index is -0.666. The molecule has 0 aliphatic carbocycles. The van der Waals surface area contributed by atoms with Crippen LogP contribution in [0.3, 0.4) is 0 Å². The second-order valence-corrected chi connectivity index (χ2v) is 8.36. The van der Waals surface area contributed by atoms with Gasteiger partial charge in [0.2, 0.25) is 0 Å². The van der Waals surface area contributed by atoms with Crippen LogP contribution in [0.15, 0.2) is 30.3 Å². The Kier molecular flexibility index (Phi) is 4.97. The summed E-state index contributed by atoms with van der Waals surface area (Å²) in [7, 11) is 1.42. The van der Waals surface area contributed by atoms with Gasteiger partial charge in [0.15, 0.2) is 0 Å². The van der Waals surface area contributed by atoms with E-state index in [9.17, 15) is 9.59 Å². The molecule has 2 aliphatic rings. The van der Waals surface area contributed by atoms with E-state index in [1.54, 1.807) is 4.90 Å². The highest BCUT2D eigenvalue weighted by Crippen LogP contribution is 2.44. The number of likely N-dealkylation sites (tertiary alicyclic amines) is 2. The van der Waals surface area contributed by atoms with Gasteiger partial charge >= 0.3 is 12.1 Å². The topological polar surface area (TPSA) is 59.1 Å². The number of amides is 1. The van der Waals surface area contributed by atoms with Crippen molar-refractivity contribution in [2.24, 2.45) is 11.3 Å². The maximum Gasteiger partial charge on any atom is 0.410 e. The summed E-state index contributed by atoms with van der Waals surface area (Å²) in [5.74, 6) is -0.171. The molecule has 0 saturated carbocycles. The molecule has 2 fully saturated rings. The number of esters is 1. The van der Waals surface area contributed by atoms with Gasteiger partial charge in [-0.2, -0.15) is 0 Å². The Hall–Kier alpha value is -2.08. The van der Waals surface area contributed by atoms with Crippen molar-refractivity contribution in [3.05, 3.63) is 35.9 Å². The Morgan fingerprint density at radius 2 is 1.85 bits per heavy atom. The highest BCUT2D eigenvalue weighted by molar-refractivity contribution is 5.81. The number of rotatable bonds is 3. The first-order chi connectivity index (χ1) is 12.2. The Labute approximate surface area is 155 Å². The maximum atomic E-state index is 12.6. The van der Waals surface area contributed by atoms with E-state index in [0.29, 0.717) is 19.6 Å². The number of benzene rings is 1. The highest BCUT2D eigenvalue weighted by Gasteiger charge is 2.59. The van der Waals surface area contributed by atoms with Gasteiger partial charge in [0, 0.05) is 38.6 Å². The summed E-state index contributed by atoms with van der Waals surface area (Å²) in [5.41, 5.74) is 0.00368. The Bertz CT molecular complexity index is 670. The molecule has 0 N–H and O–H groups in total.